The number of anilines is 1. The SMILES string of the molecule is COc1ccc(-c2csc(NC(=O)c3ccc(CN4CCCC4=O)cc3)n2)cc1Cl. The van der Waals surface area contributed by atoms with Crippen LogP contribution < -0.4 is 10.1 Å². The van der Waals surface area contributed by atoms with Crippen LogP contribution in [0.2, 0.25) is 5.02 Å². The Morgan fingerprint density at radius 2 is 2.07 bits per heavy atom. The molecule has 6 nitrogen and oxygen atoms in total. The summed E-state index contributed by atoms with van der Waals surface area (Å²) >= 11 is 7.53. The number of hydrogen-bond acceptors (Lipinski definition) is 5. The number of hydrogen-bond donors (Lipinski definition) is 1. The minimum absolute atomic E-state index is 0.189. The van der Waals surface area contributed by atoms with Gasteiger partial charge in [0.15, 0.2) is 5.13 Å². The van der Waals surface area contributed by atoms with Gasteiger partial charge in [-0.1, -0.05) is 23.7 Å². The maximum atomic E-state index is 12.6. The molecule has 0 spiro atoms. The van der Waals surface area contributed by atoms with Gasteiger partial charge >= 0.3 is 0 Å². The van der Waals surface area contributed by atoms with E-state index in [9.17, 15) is 9.59 Å². The van der Waals surface area contributed by atoms with Crippen molar-refractivity contribution in [3.8, 4) is 17.0 Å². The highest BCUT2D eigenvalue weighted by Crippen LogP contribution is 2.31. The van der Waals surface area contributed by atoms with Crippen molar-refractivity contribution in [2.24, 2.45) is 0 Å². The van der Waals surface area contributed by atoms with Crippen LogP contribution in [-0.2, 0) is 11.3 Å². The number of benzene rings is 2. The van der Waals surface area contributed by atoms with Gasteiger partial charge in [0.1, 0.15) is 5.75 Å². The molecule has 0 radical (unpaired) electrons. The Balaban J connectivity index is 1.40. The molecule has 3 aromatic rings. The molecule has 0 atom stereocenters. The van der Waals surface area contributed by atoms with Gasteiger partial charge in [0.05, 0.1) is 17.8 Å². The molecule has 154 valence electrons. The molecule has 1 fully saturated rings. The molecule has 1 saturated heterocycles. The minimum Gasteiger partial charge on any atom is -0.495 e. The lowest BCUT2D eigenvalue weighted by Gasteiger charge is -2.15. The number of ether oxygens (including phenoxy) is 1. The minimum atomic E-state index is -0.229. The summed E-state index contributed by atoms with van der Waals surface area (Å²) in [4.78, 5) is 30.6. The number of halogens is 1. The largest absolute Gasteiger partial charge is 0.495 e. The van der Waals surface area contributed by atoms with E-state index >= 15 is 0 Å². The topological polar surface area (TPSA) is 71.5 Å². The Kier molecular flexibility index (Phi) is 6.01. The van der Waals surface area contributed by atoms with Crippen molar-refractivity contribution in [1.29, 1.82) is 0 Å². The molecule has 2 amide bonds. The smallest absolute Gasteiger partial charge is 0.257 e. The summed E-state index contributed by atoms with van der Waals surface area (Å²) in [6.45, 7) is 1.38. The van der Waals surface area contributed by atoms with Crippen molar-refractivity contribution in [1.82, 2.24) is 9.88 Å². The van der Waals surface area contributed by atoms with Gasteiger partial charge in [-0.25, -0.2) is 4.98 Å². The number of rotatable bonds is 6. The molecule has 0 unspecified atom stereocenters. The van der Waals surface area contributed by atoms with Crippen LogP contribution in [0, 0.1) is 0 Å². The van der Waals surface area contributed by atoms with Crippen LogP contribution >= 0.6 is 22.9 Å². The molecule has 8 heteroatoms. The summed E-state index contributed by atoms with van der Waals surface area (Å²) < 4.78 is 5.17. The molecule has 0 bridgehead atoms. The zero-order valence-electron chi connectivity index (χ0n) is 16.4. The molecule has 30 heavy (non-hydrogen) atoms. The molecule has 2 aromatic carbocycles. The van der Waals surface area contributed by atoms with Gasteiger partial charge in [-0.2, -0.15) is 0 Å². The molecule has 1 aromatic heterocycles. The first-order chi connectivity index (χ1) is 14.5. The van der Waals surface area contributed by atoms with E-state index in [1.54, 1.807) is 31.4 Å². The van der Waals surface area contributed by atoms with Crippen molar-refractivity contribution in [3.63, 3.8) is 0 Å². The highest BCUT2D eigenvalue weighted by Gasteiger charge is 2.20. The number of likely N-dealkylation sites (tertiary alicyclic amines) is 1. The average molecular weight is 442 g/mol. The van der Waals surface area contributed by atoms with Crippen molar-refractivity contribution < 1.29 is 14.3 Å². The molecule has 0 aliphatic carbocycles. The van der Waals surface area contributed by atoms with Crippen LogP contribution in [-0.4, -0.2) is 35.4 Å². The normalized spacial score (nSPS) is 13.5. The summed E-state index contributed by atoms with van der Waals surface area (Å²) in [6, 6.07) is 12.7. The molecular weight excluding hydrogens is 422 g/mol. The van der Waals surface area contributed by atoms with Gasteiger partial charge in [0, 0.05) is 36.0 Å². The Bertz CT molecular complexity index is 1080. The van der Waals surface area contributed by atoms with Gasteiger partial charge in [0.2, 0.25) is 5.91 Å². The second-order valence-corrected chi connectivity index (χ2v) is 8.22. The third-order valence-corrected chi connectivity index (χ3v) is 5.99. The van der Waals surface area contributed by atoms with Crippen molar-refractivity contribution >= 4 is 39.9 Å². The second kappa shape index (κ2) is 8.85. The Morgan fingerprint density at radius 1 is 1.27 bits per heavy atom. The molecule has 1 N–H and O–H groups in total. The number of methoxy groups -OCH3 is 1. The van der Waals surface area contributed by atoms with Crippen molar-refractivity contribution in [3.05, 3.63) is 64.0 Å². The van der Waals surface area contributed by atoms with E-state index in [0.717, 1.165) is 29.8 Å². The third kappa shape index (κ3) is 4.47. The van der Waals surface area contributed by atoms with Crippen LogP contribution in [0.15, 0.2) is 47.8 Å². The molecular formula is C22H20ClN3O3S. The van der Waals surface area contributed by atoms with E-state index in [1.165, 1.54) is 11.3 Å². The van der Waals surface area contributed by atoms with Crippen LogP contribution in [0.5, 0.6) is 5.75 Å². The van der Waals surface area contributed by atoms with Crippen LogP contribution in [0.4, 0.5) is 5.13 Å². The van der Waals surface area contributed by atoms with E-state index in [0.29, 0.717) is 34.4 Å². The molecule has 0 saturated carbocycles. The zero-order valence-corrected chi connectivity index (χ0v) is 17.9. The summed E-state index contributed by atoms with van der Waals surface area (Å²) in [7, 11) is 1.57. The van der Waals surface area contributed by atoms with Gasteiger partial charge in [-0.3, -0.25) is 14.9 Å². The van der Waals surface area contributed by atoms with E-state index in [2.05, 4.69) is 10.3 Å². The number of nitrogens with one attached hydrogen (secondary N) is 1. The third-order valence-electron chi connectivity index (χ3n) is 4.93. The summed E-state index contributed by atoms with van der Waals surface area (Å²) in [5.41, 5.74) is 3.12. The number of aromatic nitrogens is 1. The summed E-state index contributed by atoms with van der Waals surface area (Å²) in [6.07, 6.45) is 1.54. The van der Waals surface area contributed by atoms with Crippen LogP contribution in [0.3, 0.4) is 0 Å². The number of thiazole rings is 1. The van der Waals surface area contributed by atoms with Gasteiger partial charge in [-0.15, -0.1) is 11.3 Å². The Hall–Kier alpha value is -2.90. The van der Waals surface area contributed by atoms with E-state index < -0.39 is 0 Å². The standard InChI is InChI=1S/C22H20ClN3O3S/c1-29-19-9-8-16(11-17(19)23)18-13-30-22(24-18)25-21(28)15-6-4-14(5-7-15)12-26-10-2-3-20(26)27/h4-9,11,13H,2-3,10,12H2,1H3,(H,24,25,28). The number of nitrogens with zero attached hydrogens (tertiary/aromatic N) is 2. The lowest BCUT2D eigenvalue weighted by Crippen LogP contribution is -2.23. The van der Waals surface area contributed by atoms with E-state index in [4.69, 9.17) is 16.3 Å². The summed E-state index contributed by atoms with van der Waals surface area (Å²) in [5, 5.41) is 5.71. The second-order valence-electron chi connectivity index (χ2n) is 6.96. The molecule has 4 rings (SSSR count). The number of amides is 2. The fourth-order valence-electron chi connectivity index (χ4n) is 3.31. The van der Waals surface area contributed by atoms with E-state index in [-0.39, 0.29) is 11.8 Å². The van der Waals surface area contributed by atoms with Crippen molar-refractivity contribution in [2.45, 2.75) is 19.4 Å². The van der Waals surface area contributed by atoms with Crippen molar-refractivity contribution in [2.75, 3.05) is 19.0 Å². The first kappa shape index (κ1) is 20.4. The number of carbonyl (C=O) groups excluding carboxylic acids is 2. The first-order valence-corrected chi connectivity index (χ1v) is 10.8. The van der Waals surface area contributed by atoms with Crippen LogP contribution in [0.25, 0.3) is 11.3 Å². The quantitative estimate of drug-likeness (QED) is 0.593. The highest BCUT2D eigenvalue weighted by atomic mass is 35.5. The Morgan fingerprint density at radius 3 is 2.73 bits per heavy atom. The average Bonchev–Trinajstić information content (AvgIpc) is 3.37. The van der Waals surface area contributed by atoms with Gasteiger partial charge < -0.3 is 9.64 Å². The lowest BCUT2D eigenvalue weighted by atomic mass is 10.1. The van der Waals surface area contributed by atoms with Gasteiger partial charge in [-0.05, 0) is 42.3 Å². The predicted octanol–water partition coefficient (Wildman–Crippen LogP) is 4.85. The van der Waals surface area contributed by atoms with E-state index in [1.807, 2.05) is 28.5 Å². The maximum Gasteiger partial charge on any atom is 0.257 e. The molecule has 1 aliphatic heterocycles. The fourth-order valence-corrected chi connectivity index (χ4v) is 4.28. The lowest BCUT2D eigenvalue weighted by molar-refractivity contribution is -0.128. The molecule has 2 heterocycles. The first-order valence-electron chi connectivity index (χ1n) is 9.51. The van der Waals surface area contributed by atoms with Crippen LogP contribution in [0.1, 0.15) is 28.8 Å². The maximum absolute atomic E-state index is 12.6. The Labute approximate surface area is 183 Å². The molecule has 1 aliphatic rings. The fraction of sp³-hybridized carbons (Fsp3) is 0.227. The number of carbonyl (C=O) groups is 2. The summed E-state index contributed by atoms with van der Waals surface area (Å²) in [5.74, 6) is 0.559. The van der Waals surface area contributed by atoms with Gasteiger partial charge in [0.25, 0.3) is 5.91 Å². The predicted molar refractivity (Wildman–Crippen MR) is 118 cm³/mol. The highest BCUT2D eigenvalue weighted by molar-refractivity contribution is 7.14. The monoisotopic (exact) mass is 441 g/mol. The zero-order chi connectivity index (χ0) is 21.1.